The van der Waals surface area contributed by atoms with Crippen LogP contribution in [-0.4, -0.2) is 34.0 Å². The number of hydrogen-bond donors (Lipinski definition) is 0. The van der Waals surface area contributed by atoms with Crippen molar-refractivity contribution in [1.29, 1.82) is 0 Å². The molecule has 1 saturated heterocycles. The first kappa shape index (κ1) is 16.1. The van der Waals surface area contributed by atoms with E-state index in [-0.39, 0.29) is 5.92 Å². The molecule has 0 bridgehead atoms. The molecule has 2 heterocycles. The summed E-state index contributed by atoms with van der Waals surface area (Å²) in [6, 6.07) is 0. The van der Waals surface area contributed by atoms with Gasteiger partial charge in [-0.25, -0.2) is 0 Å². The fourth-order valence-electron chi connectivity index (χ4n) is 4.74. The molecule has 24 heavy (non-hydrogen) atoms. The van der Waals surface area contributed by atoms with Gasteiger partial charge in [0.25, 0.3) is 0 Å². The van der Waals surface area contributed by atoms with Crippen LogP contribution in [0, 0.1) is 5.92 Å². The standard InChI is InChI=1S/C19H29N3O2/c23-17(10-9-14-5-1-2-6-14)22-12-11-16(13-22)19-20-18(21-24-19)15-7-3-4-8-15/h14-16H,1-13H2/t16-/m1/s1. The summed E-state index contributed by atoms with van der Waals surface area (Å²) in [6.07, 6.45) is 13.0. The number of rotatable bonds is 5. The second-order valence-electron chi connectivity index (χ2n) is 7.99. The van der Waals surface area contributed by atoms with Gasteiger partial charge in [-0.3, -0.25) is 4.79 Å². The Hall–Kier alpha value is -1.39. The molecular weight excluding hydrogens is 302 g/mol. The summed E-state index contributed by atoms with van der Waals surface area (Å²) in [7, 11) is 0. The Balaban J connectivity index is 1.28. The summed E-state index contributed by atoms with van der Waals surface area (Å²) in [4.78, 5) is 19.1. The number of amides is 1. The molecule has 0 aromatic carbocycles. The van der Waals surface area contributed by atoms with E-state index in [0.29, 0.717) is 18.2 Å². The van der Waals surface area contributed by atoms with Crippen molar-refractivity contribution in [3.63, 3.8) is 0 Å². The van der Waals surface area contributed by atoms with Crippen molar-refractivity contribution >= 4 is 5.91 Å². The molecule has 4 rings (SSSR count). The van der Waals surface area contributed by atoms with Crippen molar-refractivity contribution in [2.75, 3.05) is 13.1 Å². The zero-order valence-corrected chi connectivity index (χ0v) is 14.6. The molecule has 3 fully saturated rings. The molecule has 5 heteroatoms. The monoisotopic (exact) mass is 331 g/mol. The van der Waals surface area contributed by atoms with Crippen molar-refractivity contribution in [1.82, 2.24) is 15.0 Å². The summed E-state index contributed by atoms with van der Waals surface area (Å²) >= 11 is 0. The molecule has 0 radical (unpaired) electrons. The lowest BCUT2D eigenvalue weighted by molar-refractivity contribution is -0.130. The summed E-state index contributed by atoms with van der Waals surface area (Å²) in [6.45, 7) is 1.60. The topological polar surface area (TPSA) is 59.2 Å². The molecule has 2 aliphatic carbocycles. The molecule has 132 valence electrons. The minimum atomic E-state index is 0.239. The van der Waals surface area contributed by atoms with Gasteiger partial charge in [-0.15, -0.1) is 0 Å². The third-order valence-corrected chi connectivity index (χ3v) is 6.31. The van der Waals surface area contributed by atoms with Crippen molar-refractivity contribution < 1.29 is 9.32 Å². The Morgan fingerprint density at radius 3 is 2.58 bits per heavy atom. The van der Waals surface area contributed by atoms with E-state index < -0.39 is 0 Å². The molecular formula is C19H29N3O2. The predicted octanol–water partition coefficient (Wildman–Crippen LogP) is 4.01. The number of hydrogen-bond acceptors (Lipinski definition) is 4. The quantitative estimate of drug-likeness (QED) is 0.818. The number of nitrogens with zero attached hydrogens (tertiary/aromatic N) is 3. The molecule has 1 aliphatic heterocycles. The molecule has 1 aromatic heterocycles. The molecule has 0 N–H and O–H groups in total. The Bertz CT molecular complexity index is 559. The highest BCUT2D eigenvalue weighted by Gasteiger charge is 2.32. The molecule has 5 nitrogen and oxygen atoms in total. The lowest BCUT2D eigenvalue weighted by Crippen LogP contribution is -2.28. The van der Waals surface area contributed by atoms with E-state index in [9.17, 15) is 4.79 Å². The normalized spacial score (nSPS) is 25.8. The van der Waals surface area contributed by atoms with Crippen molar-refractivity contribution in [3.05, 3.63) is 11.7 Å². The summed E-state index contributed by atoms with van der Waals surface area (Å²) in [5.41, 5.74) is 0. The second kappa shape index (κ2) is 7.24. The summed E-state index contributed by atoms with van der Waals surface area (Å²) < 4.78 is 5.53. The minimum absolute atomic E-state index is 0.239. The van der Waals surface area contributed by atoms with Crippen LogP contribution >= 0.6 is 0 Å². The van der Waals surface area contributed by atoms with Gasteiger partial charge in [0, 0.05) is 25.4 Å². The fraction of sp³-hybridized carbons (Fsp3) is 0.842. The average molecular weight is 331 g/mol. The SMILES string of the molecule is O=C(CCC1CCCC1)N1CC[C@@H](c2nc(C3CCCC3)no2)C1. The first-order valence-corrected chi connectivity index (χ1v) is 9.91. The van der Waals surface area contributed by atoms with E-state index >= 15 is 0 Å². The molecule has 2 saturated carbocycles. The maximum absolute atomic E-state index is 12.5. The highest BCUT2D eigenvalue weighted by Crippen LogP contribution is 2.34. The van der Waals surface area contributed by atoms with Gasteiger partial charge in [-0.1, -0.05) is 43.7 Å². The molecule has 3 aliphatic rings. The van der Waals surface area contributed by atoms with Crippen LogP contribution in [0.3, 0.4) is 0 Å². The van der Waals surface area contributed by atoms with Gasteiger partial charge < -0.3 is 9.42 Å². The fourth-order valence-corrected chi connectivity index (χ4v) is 4.74. The zero-order valence-electron chi connectivity index (χ0n) is 14.6. The van der Waals surface area contributed by atoms with Gasteiger partial charge in [0.2, 0.25) is 11.8 Å². The third-order valence-electron chi connectivity index (χ3n) is 6.31. The van der Waals surface area contributed by atoms with Gasteiger partial charge in [-0.05, 0) is 31.6 Å². The minimum Gasteiger partial charge on any atom is -0.342 e. The molecule has 1 amide bonds. The van der Waals surface area contributed by atoms with Crippen molar-refractivity contribution in [3.8, 4) is 0 Å². The average Bonchev–Trinajstić information content (AvgIpc) is 3.40. The van der Waals surface area contributed by atoms with Crippen LogP contribution in [-0.2, 0) is 4.79 Å². The van der Waals surface area contributed by atoms with Crippen LogP contribution < -0.4 is 0 Å². The Labute approximate surface area is 144 Å². The third kappa shape index (κ3) is 3.50. The number of carbonyl (C=O) groups is 1. The van der Waals surface area contributed by atoms with Crippen molar-refractivity contribution in [2.45, 2.75) is 82.5 Å². The van der Waals surface area contributed by atoms with E-state index in [1.54, 1.807) is 0 Å². The van der Waals surface area contributed by atoms with Crippen LogP contribution in [0.2, 0.25) is 0 Å². The maximum atomic E-state index is 12.5. The second-order valence-corrected chi connectivity index (χ2v) is 7.99. The van der Waals surface area contributed by atoms with Gasteiger partial charge in [-0.2, -0.15) is 4.98 Å². The predicted molar refractivity (Wildman–Crippen MR) is 90.6 cm³/mol. The van der Waals surface area contributed by atoms with Gasteiger partial charge >= 0.3 is 0 Å². The lowest BCUT2D eigenvalue weighted by Gasteiger charge is -2.17. The smallest absolute Gasteiger partial charge is 0.231 e. The van der Waals surface area contributed by atoms with Crippen LogP contribution in [0.1, 0.15) is 94.2 Å². The van der Waals surface area contributed by atoms with E-state index in [1.807, 2.05) is 4.90 Å². The number of aromatic nitrogens is 2. The highest BCUT2D eigenvalue weighted by atomic mass is 16.5. The Kier molecular flexibility index (Phi) is 4.86. The van der Waals surface area contributed by atoms with Crippen LogP contribution in [0.15, 0.2) is 4.52 Å². The summed E-state index contributed by atoms with van der Waals surface area (Å²) in [5.74, 6) is 3.49. The van der Waals surface area contributed by atoms with E-state index in [4.69, 9.17) is 4.52 Å². The number of carbonyl (C=O) groups excluding carboxylic acids is 1. The molecule has 1 aromatic rings. The Morgan fingerprint density at radius 2 is 1.79 bits per heavy atom. The lowest BCUT2D eigenvalue weighted by atomic mass is 10.0. The van der Waals surface area contributed by atoms with Crippen molar-refractivity contribution in [2.24, 2.45) is 5.92 Å². The largest absolute Gasteiger partial charge is 0.342 e. The first-order chi connectivity index (χ1) is 11.8. The van der Waals surface area contributed by atoms with Gasteiger partial charge in [0.05, 0.1) is 5.92 Å². The first-order valence-electron chi connectivity index (χ1n) is 9.91. The van der Waals surface area contributed by atoms with Gasteiger partial charge in [0.1, 0.15) is 0 Å². The summed E-state index contributed by atoms with van der Waals surface area (Å²) in [5, 5.41) is 4.21. The van der Waals surface area contributed by atoms with Gasteiger partial charge in [0.15, 0.2) is 5.82 Å². The molecule has 1 atom stereocenters. The van der Waals surface area contributed by atoms with Crippen LogP contribution in [0.25, 0.3) is 0 Å². The van der Waals surface area contributed by atoms with E-state index in [0.717, 1.165) is 43.6 Å². The van der Waals surface area contributed by atoms with E-state index in [1.165, 1.54) is 51.4 Å². The van der Waals surface area contributed by atoms with Crippen LogP contribution in [0.4, 0.5) is 0 Å². The van der Waals surface area contributed by atoms with E-state index in [2.05, 4.69) is 10.1 Å². The zero-order chi connectivity index (χ0) is 16.4. The highest BCUT2D eigenvalue weighted by molar-refractivity contribution is 5.76. The molecule has 0 unspecified atom stereocenters. The number of likely N-dealkylation sites (tertiary alicyclic amines) is 1. The Morgan fingerprint density at radius 1 is 1.04 bits per heavy atom. The van der Waals surface area contributed by atoms with Crippen LogP contribution in [0.5, 0.6) is 0 Å². The molecule has 0 spiro atoms. The maximum Gasteiger partial charge on any atom is 0.231 e.